The van der Waals surface area contributed by atoms with Gasteiger partial charge in [0.1, 0.15) is 12.2 Å². The van der Waals surface area contributed by atoms with Crippen molar-refractivity contribution >= 4 is 5.91 Å². The Morgan fingerprint density at radius 3 is 1.28 bits per heavy atom. The smallest absolute Gasteiger partial charge is 0.249 e. The molecule has 0 aromatic heterocycles. The lowest BCUT2D eigenvalue weighted by molar-refractivity contribution is -0.132. The van der Waals surface area contributed by atoms with E-state index in [0.717, 1.165) is 38.5 Å². The summed E-state index contributed by atoms with van der Waals surface area (Å²) in [5.41, 5.74) is 0. The van der Waals surface area contributed by atoms with Gasteiger partial charge < -0.3 is 25.7 Å². The summed E-state index contributed by atoms with van der Waals surface area (Å²) in [6.45, 7) is 4.03. The molecule has 6 nitrogen and oxygen atoms in total. The van der Waals surface area contributed by atoms with E-state index in [-0.39, 0.29) is 0 Å². The van der Waals surface area contributed by atoms with Gasteiger partial charge in [0, 0.05) is 0 Å². The van der Waals surface area contributed by atoms with E-state index in [9.17, 15) is 25.2 Å². The maximum Gasteiger partial charge on any atom is 0.249 e. The predicted octanol–water partition coefficient (Wildman–Crippen LogP) is 10.2. The van der Waals surface area contributed by atoms with Crippen LogP contribution in [0, 0.1) is 0 Å². The summed E-state index contributed by atoms with van der Waals surface area (Å²) < 4.78 is 0. The topological polar surface area (TPSA) is 110 Å². The van der Waals surface area contributed by atoms with Crippen LogP contribution < -0.4 is 5.32 Å². The maximum absolute atomic E-state index is 12.5. The molecular weight excluding hydrogens is 586 g/mol. The summed E-state index contributed by atoms with van der Waals surface area (Å²) in [6.07, 6.45) is 38.1. The molecule has 0 aromatic carbocycles. The summed E-state index contributed by atoms with van der Waals surface area (Å²) in [7, 11) is 0. The molecule has 0 aliphatic heterocycles. The fourth-order valence-corrected chi connectivity index (χ4v) is 6.40. The van der Waals surface area contributed by atoms with Gasteiger partial charge in [-0.25, -0.2) is 0 Å². The van der Waals surface area contributed by atoms with Gasteiger partial charge in [0.25, 0.3) is 0 Å². The zero-order valence-corrected chi connectivity index (χ0v) is 31.3. The Morgan fingerprint density at radius 2 is 0.872 bits per heavy atom. The highest BCUT2D eigenvalue weighted by atomic mass is 16.3. The average molecular weight is 668 g/mol. The van der Waals surface area contributed by atoms with Crippen molar-refractivity contribution in [2.75, 3.05) is 6.61 Å². The first-order chi connectivity index (χ1) is 23.0. The highest BCUT2D eigenvalue weighted by molar-refractivity contribution is 5.80. The number of carbonyl (C=O) groups is 1. The normalized spacial score (nSPS) is 14.4. The van der Waals surface area contributed by atoms with Gasteiger partial charge in [0.2, 0.25) is 5.91 Å². The Morgan fingerprint density at radius 1 is 0.511 bits per heavy atom. The second-order valence-corrected chi connectivity index (χ2v) is 14.3. The van der Waals surface area contributed by atoms with Crippen molar-refractivity contribution in [2.45, 2.75) is 237 Å². The fraction of sp³-hybridized carbons (Fsp3) is 0.927. The Bertz CT molecular complexity index is 672. The number of hydrogen-bond acceptors (Lipinski definition) is 5. The standard InChI is InChI=1S/C41H81NO5/c1-3-5-7-9-11-13-15-17-19-21-23-25-27-29-31-33-35-39(45)41(47)42-37(36-43)40(46)38(44)34-32-30-28-26-24-22-20-18-16-14-12-10-8-6-4-2/h26,28,37-40,43-46H,3-25,27,29-36H2,1-2H3,(H,42,47)/b28-26+. The van der Waals surface area contributed by atoms with Crippen molar-refractivity contribution in [1.29, 1.82) is 0 Å². The molecule has 0 spiro atoms. The van der Waals surface area contributed by atoms with Crippen LogP contribution in [0.15, 0.2) is 12.2 Å². The predicted molar refractivity (Wildman–Crippen MR) is 201 cm³/mol. The minimum Gasteiger partial charge on any atom is -0.394 e. The van der Waals surface area contributed by atoms with Crippen LogP contribution in [-0.4, -0.2) is 57.3 Å². The monoisotopic (exact) mass is 668 g/mol. The molecule has 6 heteroatoms. The molecule has 0 bridgehead atoms. The summed E-state index contributed by atoms with van der Waals surface area (Å²) in [5, 5.41) is 43.5. The first kappa shape index (κ1) is 46.0. The zero-order valence-electron chi connectivity index (χ0n) is 31.3. The van der Waals surface area contributed by atoms with Crippen LogP contribution in [0.25, 0.3) is 0 Å². The molecule has 4 unspecified atom stereocenters. The van der Waals surface area contributed by atoms with E-state index in [1.54, 1.807) is 0 Å². The molecule has 0 fully saturated rings. The summed E-state index contributed by atoms with van der Waals surface area (Å²) in [5.74, 6) is -0.592. The van der Waals surface area contributed by atoms with Crippen LogP contribution in [-0.2, 0) is 4.79 Å². The number of aliphatic hydroxyl groups excluding tert-OH is 4. The number of hydrogen-bond donors (Lipinski definition) is 5. The molecule has 0 rings (SSSR count). The van der Waals surface area contributed by atoms with Crippen LogP contribution >= 0.6 is 0 Å². The molecule has 47 heavy (non-hydrogen) atoms. The molecule has 5 N–H and O–H groups in total. The maximum atomic E-state index is 12.5. The number of carbonyl (C=O) groups excluding carboxylic acids is 1. The van der Waals surface area contributed by atoms with Crippen molar-refractivity contribution < 1.29 is 25.2 Å². The second-order valence-electron chi connectivity index (χ2n) is 14.3. The van der Waals surface area contributed by atoms with Gasteiger partial charge in [-0.15, -0.1) is 0 Å². The van der Waals surface area contributed by atoms with Crippen molar-refractivity contribution in [3.05, 3.63) is 12.2 Å². The number of nitrogens with one attached hydrogen (secondary N) is 1. The minimum absolute atomic E-state index is 0.368. The van der Waals surface area contributed by atoms with E-state index in [1.807, 2.05) is 0 Å². The van der Waals surface area contributed by atoms with E-state index in [0.29, 0.717) is 12.8 Å². The van der Waals surface area contributed by atoms with E-state index < -0.39 is 36.9 Å². The second kappa shape index (κ2) is 36.3. The number of unbranched alkanes of at least 4 members (excludes halogenated alkanes) is 26. The quantitative estimate of drug-likeness (QED) is 0.0335. The number of amides is 1. The highest BCUT2D eigenvalue weighted by Crippen LogP contribution is 2.16. The molecule has 1 amide bonds. The molecule has 4 atom stereocenters. The zero-order chi connectivity index (χ0) is 34.6. The van der Waals surface area contributed by atoms with E-state index >= 15 is 0 Å². The van der Waals surface area contributed by atoms with Gasteiger partial charge in [0.15, 0.2) is 0 Å². The number of allylic oxidation sites excluding steroid dienone is 2. The van der Waals surface area contributed by atoms with Crippen molar-refractivity contribution in [1.82, 2.24) is 5.32 Å². The van der Waals surface area contributed by atoms with Crippen LogP contribution in [0.5, 0.6) is 0 Å². The Hall–Kier alpha value is -0.950. The lowest BCUT2D eigenvalue weighted by atomic mass is 10.00. The van der Waals surface area contributed by atoms with Gasteiger partial charge in [0.05, 0.1) is 18.8 Å². The third-order valence-corrected chi connectivity index (χ3v) is 9.73. The van der Waals surface area contributed by atoms with Gasteiger partial charge in [-0.05, 0) is 38.5 Å². The molecule has 0 heterocycles. The largest absolute Gasteiger partial charge is 0.394 e. The SMILES string of the molecule is CCCCCCCCCCCC/C=C/CCCC(O)C(O)C(CO)NC(=O)C(O)CCCCCCCCCCCCCCCCCC. The van der Waals surface area contributed by atoms with Crippen LogP contribution in [0.2, 0.25) is 0 Å². The highest BCUT2D eigenvalue weighted by Gasteiger charge is 2.28. The fourth-order valence-electron chi connectivity index (χ4n) is 6.40. The lowest BCUT2D eigenvalue weighted by Gasteiger charge is -2.27. The molecule has 0 saturated heterocycles. The summed E-state index contributed by atoms with van der Waals surface area (Å²) in [4.78, 5) is 12.5. The van der Waals surface area contributed by atoms with E-state index in [1.165, 1.54) is 148 Å². The minimum atomic E-state index is -1.28. The molecule has 0 aliphatic rings. The summed E-state index contributed by atoms with van der Waals surface area (Å²) in [6, 6.07) is -0.996. The Kier molecular flexibility index (Phi) is 35.6. The van der Waals surface area contributed by atoms with Crippen molar-refractivity contribution in [3.8, 4) is 0 Å². The number of rotatable bonds is 37. The third kappa shape index (κ3) is 30.8. The van der Waals surface area contributed by atoms with Gasteiger partial charge >= 0.3 is 0 Å². The average Bonchev–Trinajstić information content (AvgIpc) is 3.07. The molecule has 0 aliphatic carbocycles. The van der Waals surface area contributed by atoms with Crippen LogP contribution in [0.1, 0.15) is 213 Å². The first-order valence-electron chi connectivity index (χ1n) is 20.6. The van der Waals surface area contributed by atoms with E-state index in [2.05, 4.69) is 31.3 Å². The van der Waals surface area contributed by atoms with Gasteiger partial charge in [-0.3, -0.25) is 4.79 Å². The Labute approximate surface area is 292 Å². The van der Waals surface area contributed by atoms with Crippen LogP contribution in [0.4, 0.5) is 0 Å². The summed E-state index contributed by atoms with van der Waals surface area (Å²) >= 11 is 0. The van der Waals surface area contributed by atoms with Crippen molar-refractivity contribution in [2.24, 2.45) is 0 Å². The first-order valence-corrected chi connectivity index (χ1v) is 20.6. The molecule has 0 saturated carbocycles. The van der Waals surface area contributed by atoms with Gasteiger partial charge in [-0.2, -0.15) is 0 Å². The lowest BCUT2D eigenvalue weighted by Crippen LogP contribution is -2.53. The van der Waals surface area contributed by atoms with Gasteiger partial charge in [-0.1, -0.05) is 187 Å². The van der Waals surface area contributed by atoms with Crippen molar-refractivity contribution in [3.63, 3.8) is 0 Å². The molecular formula is C41H81NO5. The number of aliphatic hydroxyl groups is 4. The molecule has 280 valence electrons. The molecule has 0 radical (unpaired) electrons. The third-order valence-electron chi connectivity index (χ3n) is 9.73. The Balaban J connectivity index is 3.79. The van der Waals surface area contributed by atoms with Crippen LogP contribution in [0.3, 0.4) is 0 Å². The molecule has 0 aromatic rings. The van der Waals surface area contributed by atoms with E-state index in [4.69, 9.17) is 0 Å².